The first-order chi connectivity index (χ1) is 11.6. The summed E-state index contributed by atoms with van der Waals surface area (Å²) in [6, 6.07) is 12.3. The third-order valence-corrected chi connectivity index (χ3v) is 5.12. The summed E-state index contributed by atoms with van der Waals surface area (Å²) in [4.78, 5) is 0.140. The van der Waals surface area contributed by atoms with Crippen molar-refractivity contribution in [2.45, 2.75) is 18.2 Å². The van der Waals surface area contributed by atoms with E-state index in [2.05, 4.69) is 4.72 Å². The summed E-state index contributed by atoms with van der Waals surface area (Å²) >= 11 is 0. The van der Waals surface area contributed by atoms with E-state index in [0.717, 1.165) is 17.7 Å². The number of hydrogen-bond acceptors (Lipinski definition) is 5. The van der Waals surface area contributed by atoms with Crippen LogP contribution in [-0.2, 0) is 16.4 Å². The summed E-state index contributed by atoms with van der Waals surface area (Å²) in [6.07, 6.45) is 0.860. The van der Waals surface area contributed by atoms with Gasteiger partial charge in [-0.1, -0.05) is 25.1 Å². The summed E-state index contributed by atoms with van der Waals surface area (Å²) < 4.78 is 43.2. The molecular weight excluding hydrogens is 330 g/mol. The fourth-order valence-electron chi connectivity index (χ4n) is 2.40. The monoisotopic (exact) mass is 349 g/mol. The molecule has 0 spiro atoms. The van der Waals surface area contributed by atoms with Crippen molar-refractivity contribution in [1.82, 2.24) is 4.72 Å². The second-order valence-corrected chi connectivity index (χ2v) is 6.99. The predicted molar refractivity (Wildman–Crippen MR) is 89.1 cm³/mol. The van der Waals surface area contributed by atoms with Gasteiger partial charge in [-0.15, -0.1) is 0 Å². The first-order valence-electron chi connectivity index (χ1n) is 7.70. The Morgan fingerprint density at radius 1 is 1.12 bits per heavy atom. The van der Waals surface area contributed by atoms with Gasteiger partial charge in [-0.2, -0.15) is 0 Å². The molecule has 0 bridgehead atoms. The molecule has 2 aromatic rings. The van der Waals surface area contributed by atoms with Gasteiger partial charge in [-0.3, -0.25) is 0 Å². The van der Waals surface area contributed by atoms with Crippen LogP contribution in [0.2, 0.25) is 0 Å². The van der Waals surface area contributed by atoms with Crippen LogP contribution >= 0.6 is 0 Å². The molecule has 24 heavy (non-hydrogen) atoms. The molecule has 128 valence electrons. The Hall–Kier alpha value is -2.25. The topological polar surface area (TPSA) is 73.9 Å². The highest BCUT2D eigenvalue weighted by Gasteiger charge is 2.19. The van der Waals surface area contributed by atoms with Crippen LogP contribution in [0.15, 0.2) is 47.4 Å². The van der Waals surface area contributed by atoms with Crippen LogP contribution in [0.1, 0.15) is 12.5 Å². The average Bonchev–Trinajstić information content (AvgIpc) is 3.07. The van der Waals surface area contributed by atoms with Gasteiger partial charge in [0.05, 0.1) is 4.90 Å². The Morgan fingerprint density at radius 2 is 1.92 bits per heavy atom. The van der Waals surface area contributed by atoms with Crippen LogP contribution in [0.25, 0.3) is 0 Å². The fraction of sp³-hybridized carbons (Fsp3) is 0.294. The standard InChI is InChI=1S/C17H19NO5S/c1-2-13-5-3-4-6-15(13)21-10-9-18-24(19,20)14-7-8-16-17(11-14)23-12-22-16/h3-8,11,18H,2,9-10,12H2,1H3. The Bertz CT molecular complexity index is 819. The largest absolute Gasteiger partial charge is 0.492 e. The molecule has 0 amide bonds. The van der Waals surface area contributed by atoms with Gasteiger partial charge in [0.25, 0.3) is 0 Å². The molecule has 0 fully saturated rings. The molecular formula is C17H19NO5S. The number of nitrogens with one attached hydrogen (secondary N) is 1. The molecule has 1 heterocycles. The number of fused-ring (bicyclic) bond motifs is 1. The Morgan fingerprint density at radius 3 is 2.75 bits per heavy atom. The van der Waals surface area contributed by atoms with Gasteiger partial charge in [-0.05, 0) is 30.2 Å². The van der Waals surface area contributed by atoms with E-state index >= 15 is 0 Å². The minimum Gasteiger partial charge on any atom is -0.492 e. The highest BCUT2D eigenvalue weighted by Crippen LogP contribution is 2.33. The van der Waals surface area contributed by atoms with E-state index < -0.39 is 10.0 Å². The number of rotatable bonds is 7. The van der Waals surface area contributed by atoms with Gasteiger partial charge < -0.3 is 14.2 Å². The van der Waals surface area contributed by atoms with E-state index in [-0.39, 0.29) is 24.8 Å². The number of hydrogen-bond donors (Lipinski definition) is 1. The molecule has 0 saturated carbocycles. The molecule has 0 radical (unpaired) electrons. The molecule has 7 heteroatoms. The van der Waals surface area contributed by atoms with Crippen LogP contribution in [-0.4, -0.2) is 28.4 Å². The van der Waals surface area contributed by atoms with Crippen molar-refractivity contribution in [2.24, 2.45) is 0 Å². The molecule has 1 aliphatic heterocycles. The zero-order valence-electron chi connectivity index (χ0n) is 13.3. The molecule has 3 rings (SSSR count). The number of benzene rings is 2. The maximum absolute atomic E-state index is 12.3. The molecule has 0 atom stereocenters. The van der Waals surface area contributed by atoms with Crippen LogP contribution < -0.4 is 18.9 Å². The lowest BCUT2D eigenvalue weighted by Gasteiger charge is -2.11. The minimum atomic E-state index is -3.62. The van der Waals surface area contributed by atoms with Crippen molar-refractivity contribution < 1.29 is 22.6 Å². The Labute approximate surface area is 141 Å². The molecule has 0 aromatic heterocycles. The zero-order valence-corrected chi connectivity index (χ0v) is 14.1. The van der Waals surface area contributed by atoms with Gasteiger partial charge in [0.15, 0.2) is 11.5 Å². The number of ether oxygens (including phenoxy) is 3. The van der Waals surface area contributed by atoms with Crippen molar-refractivity contribution in [1.29, 1.82) is 0 Å². The lowest BCUT2D eigenvalue weighted by atomic mass is 10.1. The van der Waals surface area contributed by atoms with Crippen molar-refractivity contribution in [2.75, 3.05) is 19.9 Å². The van der Waals surface area contributed by atoms with Crippen LogP contribution in [0, 0.1) is 0 Å². The third-order valence-electron chi connectivity index (χ3n) is 3.66. The van der Waals surface area contributed by atoms with E-state index in [9.17, 15) is 8.42 Å². The van der Waals surface area contributed by atoms with Crippen molar-refractivity contribution in [3.8, 4) is 17.2 Å². The van der Waals surface area contributed by atoms with E-state index in [1.165, 1.54) is 12.1 Å². The first-order valence-corrected chi connectivity index (χ1v) is 9.18. The maximum atomic E-state index is 12.3. The summed E-state index contributed by atoms with van der Waals surface area (Å²) in [5, 5.41) is 0. The SMILES string of the molecule is CCc1ccccc1OCCNS(=O)(=O)c1ccc2c(c1)OCO2. The number of para-hydroxylation sites is 1. The smallest absolute Gasteiger partial charge is 0.240 e. The van der Waals surface area contributed by atoms with E-state index in [1.54, 1.807) is 6.07 Å². The second kappa shape index (κ2) is 7.11. The minimum absolute atomic E-state index is 0.108. The molecule has 0 unspecified atom stereocenters. The summed E-state index contributed by atoms with van der Waals surface area (Å²) in [5.74, 6) is 1.77. The van der Waals surface area contributed by atoms with Gasteiger partial charge in [0.1, 0.15) is 12.4 Å². The summed E-state index contributed by atoms with van der Waals surface area (Å²) in [5.41, 5.74) is 1.09. The molecule has 1 aliphatic rings. The molecule has 6 nitrogen and oxygen atoms in total. The molecule has 0 saturated heterocycles. The fourth-order valence-corrected chi connectivity index (χ4v) is 3.43. The lowest BCUT2D eigenvalue weighted by Crippen LogP contribution is -2.28. The average molecular weight is 349 g/mol. The predicted octanol–water partition coefficient (Wildman–Crippen LogP) is 2.33. The third kappa shape index (κ3) is 3.63. The van der Waals surface area contributed by atoms with Gasteiger partial charge in [0, 0.05) is 12.6 Å². The number of sulfonamides is 1. The van der Waals surface area contributed by atoms with Crippen molar-refractivity contribution in [3.05, 3.63) is 48.0 Å². The van der Waals surface area contributed by atoms with Crippen molar-refractivity contribution >= 4 is 10.0 Å². The van der Waals surface area contributed by atoms with Crippen LogP contribution in [0.5, 0.6) is 17.2 Å². The summed E-state index contributed by atoms with van der Waals surface area (Å²) in [7, 11) is -3.62. The van der Waals surface area contributed by atoms with E-state index in [4.69, 9.17) is 14.2 Å². The van der Waals surface area contributed by atoms with E-state index in [0.29, 0.717) is 11.5 Å². The zero-order chi connectivity index (χ0) is 17.0. The summed E-state index contributed by atoms with van der Waals surface area (Å²) in [6.45, 7) is 2.58. The highest BCUT2D eigenvalue weighted by molar-refractivity contribution is 7.89. The maximum Gasteiger partial charge on any atom is 0.240 e. The molecule has 0 aliphatic carbocycles. The Kier molecular flexibility index (Phi) is 4.92. The molecule has 2 aromatic carbocycles. The van der Waals surface area contributed by atoms with E-state index in [1.807, 2.05) is 31.2 Å². The quantitative estimate of drug-likeness (QED) is 0.777. The normalized spacial score (nSPS) is 13.0. The highest BCUT2D eigenvalue weighted by atomic mass is 32.2. The van der Waals surface area contributed by atoms with Crippen LogP contribution in [0.3, 0.4) is 0 Å². The van der Waals surface area contributed by atoms with Gasteiger partial charge in [-0.25, -0.2) is 13.1 Å². The molecule has 1 N–H and O–H groups in total. The number of aryl methyl sites for hydroxylation is 1. The van der Waals surface area contributed by atoms with Gasteiger partial charge in [0.2, 0.25) is 16.8 Å². The lowest BCUT2D eigenvalue weighted by molar-refractivity contribution is 0.174. The second-order valence-electron chi connectivity index (χ2n) is 5.22. The van der Waals surface area contributed by atoms with Crippen molar-refractivity contribution in [3.63, 3.8) is 0 Å². The Balaban J connectivity index is 1.58. The first kappa shape index (κ1) is 16.6. The van der Waals surface area contributed by atoms with Crippen LogP contribution in [0.4, 0.5) is 0 Å². The van der Waals surface area contributed by atoms with Gasteiger partial charge >= 0.3 is 0 Å².